The number of nitrogens with zero attached hydrogens (tertiary/aromatic N) is 2. The van der Waals surface area contributed by atoms with E-state index in [9.17, 15) is 14.0 Å². The monoisotopic (exact) mass is 531 g/mol. The molecule has 9 heteroatoms. The Morgan fingerprint density at radius 2 is 1.95 bits per heavy atom. The number of aromatic nitrogens is 2. The van der Waals surface area contributed by atoms with Crippen LogP contribution in [-0.4, -0.2) is 46.6 Å². The Labute approximate surface area is 228 Å². The van der Waals surface area contributed by atoms with E-state index < -0.39 is 11.6 Å². The summed E-state index contributed by atoms with van der Waals surface area (Å²) in [6.07, 6.45) is 6.43. The lowest BCUT2D eigenvalue weighted by Gasteiger charge is -2.26. The van der Waals surface area contributed by atoms with Gasteiger partial charge in [-0.25, -0.2) is 14.2 Å². The van der Waals surface area contributed by atoms with Crippen LogP contribution >= 0.6 is 0 Å². The fourth-order valence-electron chi connectivity index (χ4n) is 4.19. The smallest absolute Gasteiger partial charge is 0.327 e. The van der Waals surface area contributed by atoms with E-state index in [-0.39, 0.29) is 17.7 Å². The summed E-state index contributed by atoms with van der Waals surface area (Å²) in [6, 6.07) is 13.1. The molecule has 1 atom stereocenters. The van der Waals surface area contributed by atoms with Gasteiger partial charge in [-0.15, -0.1) is 0 Å². The molecule has 1 aliphatic heterocycles. The molecule has 0 saturated heterocycles. The molecule has 3 aromatic rings. The minimum absolute atomic E-state index is 0.280. The highest BCUT2D eigenvalue weighted by Crippen LogP contribution is 2.25. The zero-order valence-electron chi connectivity index (χ0n) is 22.5. The van der Waals surface area contributed by atoms with Gasteiger partial charge in [0.05, 0.1) is 11.3 Å². The Kier molecular flexibility index (Phi) is 9.03. The minimum Gasteiger partial charge on any atom is -0.459 e. The molecule has 1 amide bonds. The molecule has 0 spiro atoms. The molecule has 0 aliphatic carbocycles. The standard InChI is InChI=1S/C30H34FN5O3/c1-30(2,3)39-29(38)26-17-22(12-15-33-26)25-10-9-24(28(37)35-19-21-7-5-13-32-18-21)27(36-25)34-14-11-20-6-4-8-23(31)16-20/h4-10,13,16-18,26,33H,11-12,14-15,19H2,1-3H3,(H,34,36)(H,35,37). The maximum Gasteiger partial charge on any atom is 0.327 e. The molecule has 0 bridgehead atoms. The van der Waals surface area contributed by atoms with Gasteiger partial charge in [0.15, 0.2) is 0 Å². The fraction of sp³-hybridized carbons (Fsp3) is 0.333. The van der Waals surface area contributed by atoms with Crippen LogP contribution in [0.1, 0.15) is 54.4 Å². The predicted molar refractivity (Wildman–Crippen MR) is 148 cm³/mol. The van der Waals surface area contributed by atoms with E-state index >= 15 is 0 Å². The van der Waals surface area contributed by atoms with Gasteiger partial charge in [0.25, 0.3) is 5.91 Å². The van der Waals surface area contributed by atoms with E-state index in [4.69, 9.17) is 9.72 Å². The number of carbonyl (C=O) groups excluding carboxylic acids is 2. The van der Waals surface area contributed by atoms with Gasteiger partial charge in [-0.1, -0.05) is 24.3 Å². The topological polar surface area (TPSA) is 105 Å². The molecule has 204 valence electrons. The Morgan fingerprint density at radius 1 is 1.13 bits per heavy atom. The second kappa shape index (κ2) is 12.6. The van der Waals surface area contributed by atoms with Crippen molar-refractivity contribution >= 4 is 23.3 Å². The van der Waals surface area contributed by atoms with Gasteiger partial charge in [0.1, 0.15) is 23.3 Å². The highest BCUT2D eigenvalue weighted by atomic mass is 19.1. The SMILES string of the molecule is CC(C)(C)OC(=O)C1C=C(c2ccc(C(=O)NCc3cccnc3)c(NCCc3cccc(F)c3)n2)CCN1. The first-order valence-corrected chi connectivity index (χ1v) is 13.0. The first kappa shape index (κ1) is 27.9. The van der Waals surface area contributed by atoms with E-state index in [0.717, 1.165) is 16.7 Å². The molecule has 8 nitrogen and oxygen atoms in total. The van der Waals surface area contributed by atoms with Crippen molar-refractivity contribution in [2.75, 3.05) is 18.4 Å². The number of hydrogen-bond donors (Lipinski definition) is 3. The van der Waals surface area contributed by atoms with Crippen molar-refractivity contribution in [1.29, 1.82) is 0 Å². The highest BCUT2D eigenvalue weighted by molar-refractivity contribution is 5.99. The van der Waals surface area contributed by atoms with Crippen molar-refractivity contribution in [2.24, 2.45) is 0 Å². The van der Waals surface area contributed by atoms with Crippen LogP contribution in [0.5, 0.6) is 0 Å². The lowest BCUT2D eigenvalue weighted by Crippen LogP contribution is -2.42. The third-order valence-electron chi connectivity index (χ3n) is 6.03. The molecule has 0 saturated carbocycles. The summed E-state index contributed by atoms with van der Waals surface area (Å²) in [4.78, 5) is 34.6. The Hall–Kier alpha value is -4.11. The number of halogens is 1. The first-order chi connectivity index (χ1) is 18.7. The third-order valence-corrected chi connectivity index (χ3v) is 6.03. The summed E-state index contributed by atoms with van der Waals surface area (Å²) in [7, 11) is 0. The number of rotatable bonds is 9. The van der Waals surface area contributed by atoms with Crippen molar-refractivity contribution < 1.29 is 18.7 Å². The lowest BCUT2D eigenvalue weighted by molar-refractivity contribution is -0.156. The number of nitrogens with one attached hydrogen (secondary N) is 3. The van der Waals surface area contributed by atoms with Gasteiger partial charge < -0.3 is 20.7 Å². The zero-order chi connectivity index (χ0) is 27.8. The molecule has 0 fully saturated rings. The van der Waals surface area contributed by atoms with Crippen LogP contribution in [0.3, 0.4) is 0 Å². The van der Waals surface area contributed by atoms with E-state index in [1.165, 1.54) is 12.1 Å². The van der Waals surface area contributed by atoms with Crippen LogP contribution in [0, 0.1) is 5.82 Å². The average Bonchev–Trinajstić information content (AvgIpc) is 2.91. The zero-order valence-corrected chi connectivity index (χ0v) is 22.5. The van der Waals surface area contributed by atoms with Gasteiger partial charge in [-0.05, 0) is 80.6 Å². The first-order valence-electron chi connectivity index (χ1n) is 13.0. The van der Waals surface area contributed by atoms with Crippen LogP contribution in [-0.2, 0) is 22.5 Å². The van der Waals surface area contributed by atoms with Crippen LogP contribution in [0.15, 0.2) is 67.0 Å². The average molecular weight is 532 g/mol. The normalized spacial score (nSPS) is 15.3. The quantitative estimate of drug-likeness (QED) is 0.354. The van der Waals surface area contributed by atoms with Gasteiger partial charge in [0.2, 0.25) is 0 Å². The number of esters is 1. The molecule has 3 N–H and O–H groups in total. The number of benzene rings is 1. The second-order valence-corrected chi connectivity index (χ2v) is 10.4. The molecule has 39 heavy (non-hydrogen) atoms. The predicted octanol–water partition coefficient (Wildman–Crippen LogP) is 4.29. The Morgan fingerprint density at radius 3 is 2.69 bits per heavy atom. The van der Waals surface area contributed by atoms with Crippen LogP contribution in [0.25, 0.3) is 5.57 Å². The Balaban J connectivity index is 1.55. The molecule has 1 unspecified atom stereocenters. The van der Waals surface area contributed by atoms with Crippen molar-refractivity contribution in [3.05, 3.63) is 95.2 Å². The van der Waals surface area contributed by atoms with E-state index in [2.05, 4.69) is 20.9 Å². The van der Waals surface area contributed by atoms with Crippen LogP contribution in [0.4, 0.5) is 10.2 Å². The second-order valence-electron chi connectivity index (χ2n) is 10.4. The van der Waals surface area contributed by atoms with Crippen LogP contribution in [0.2, 0.25) is 0 Å². The minimum atomic E-state index is -0.591. The van der Waals surface area contributed by atoms with Crippen molar-refractivity contribution in [3.8, 4) is 0 Å². The molecule has 3 heterocycles. The molecular formula is C30H34FN5O3. The number of carbonyl (C=O) groups is 2. The molecule has 1 aromatic carbocycles. The number of ether oxygens (including phenoxy) is 1. The van der Waals surface area contributed by atoms with Crippen LogP contribution < -0.4 is 16.0 Å². The molecule has 0 radical (unpaired) electrons. The summed E-state index contributed by atoms with van der Waals surface area (Å²) < 4.78 is 19.2. The van der Waals surface area contributed by atoms with E-state index in [0.29, 0.717) is 49.6 Å². The summed E-state index contributed by atoms with van der Waals surface area (Å²) in [6.45, 7) is 6.86. The lowest BCUT2D eigenvalue weighted by atomic mass is 10.00. The van der Waals surface area contributed by atoms with Gasteiger partial charge in [0, 0.05) is 32.0 Å². The summed E-state index contributed by atoms with van der Waals surface area (Å²) in [5.41, 5.74) is 3.07. The number of anilines is 1. The highest BCUT2D eigenvalue weighted by Gasteiger charge is 2.27. The number of pyridine rings is 2. The third kappa shape index (κ3) is 8.19. The van der Waals surface area contributed by atoms with Gasteiger partial charge in [-0.3, -0.25) is 9.78 Å². The number of amides is 1. The molecule has 4 rings (SSSR count). The fourth-order valence-corrected chi connectivity index (χ4v) is 4.19. The van der Waals surface area contributed by atoms with E-state index in [1.54, 1.807) is 30.6 Å². The largest absolute Gasteiger partial charge is 0.459 e. The summed E-state index contributed by atoms with van der Waals surface area (Å²) in [5.74, 6) is -0.502. The number of hydrogen-bond acceptors (Lipinski definition) is 7. The maximum absolute atomic E-state index is 13.6. The molecule has 2 aromatic heterocycles. The van der Waals surface area contributed by atoms with Gasteiger partial charge >= 0.3 is 5.97 Å². The molecular weight excluding hydrogens is 497 g/mol. The van der Waals surface area contributed by atoms with Crippen molar-refractivity contribution in [2.45, 2.75) is 51.8 Å². The Bertz CT molecular complexity index is 1340. The van der Waals surface area contributed by atoms with Crippen molar-refractivity contribution in [3.63, 3.8) is 0 Å². The summed E-state index contributed by atoms with van der Waals surface area (Å²) >= 11 is 0. The van der Waals surface area contributed by atoms with E-state index in [1.807, 2.05) is 45.0 Å². The summed E-state index contributed by atoms with van der Waals surface area (Å²) in [5, 5.41) is 9.36. The van der Waals surface area contributed by atoms with Crippen molar-refractivity contribution in [1.82, 2.24) is 20.6 Å². The van der Waals surface area contributed by atoms with Gasteiger partial charge in [-0.2, -0.15) is 0 Å². The molecule has 1 aliphatic rings. The maximum atomic E-state index is 13.6.